The summed E-state index contributed by atoms with van der Waals surface area (Å²) < 4.78 is 0. The van der Waals surface area contributed by atoms with Gasteiger partial charge in [-0.2, -0.15) is 6.42 Å². The van der Waals surface area contributed by atoms with Gasteiger partial charge in [0.25, 0.3) is 0 Å². The predicted octanol–water partition coefficient (Wildman–Crippen LogP) is 0.376. The Morgan fingerprint density at radius 1 is 1.33 bits per heavy atom. The van der Waals surface area contributed by atoms with Crippen molar-refractivity contribution < 1.29 is 21.1 Å². The molecule has 0 unspecified atom stereocenters. The van der Waals surface area contributed by atoms with E-state index in [0.29, 0.717) is 0 Å². The molecule has 1 aliphatic carbocycles. The first kappa shape index (κ1) is 9.61. The Hall–Kier alpha value is 0.608. The van der Waals surface area contributed by atoms with Crippen molar-refractivity contribution in [1.82, 2.24) is 0 Å². The summed E-state index contributed by atoms with van der Waals surface area (Å²) in [6, 6.07) is 1.19. The van der Waals surface area contributed by atoms with Crippen molar-refractivity contribution in [1.29, 1.82) is 0 Å². The molecule has 0 aromatic carbocycles. The standard InChI is InChI=1S/C6H13N2.Pt/c7-5-3-1-2-4-6(5)8;/h5H,1-4,7-8H2;/q-1;/t5-;/m1./s1. The minimum absolute atomic E-state index is 0. The smallest absolute Gasteiger partial charge is 0 e. The first-order valence-electron chi connectivity index (χ1n) is 3.17. The molecule has 1 aliphatic rings. The molecule has 0 saturated heterocycles. The van der Waals surface area contributed by atoms with E-state index in [1.165, 1.54) is 12.8 Å². The second-order valence-corrected chi connectivity index (χ2v) is 2.43. The van der Waals surface area contributed by atoms with Gasteiger partial charge in [-0.1, -0.05) is 19.3 Å². The SMILES string of the molecule is N[C-]1CCCC[C@H]1N.[Pt]. The van der Waals surface area contributed by atoms with Crippen LogP contribution in [0.3, 0.4) is 0 Å². The van der Waals surface area contributed by atoms with Gasteiger partial charge >= 0.3 is 0 Å². The van der Waals surface area contributed by atoms with Gasteiger partial charge < -0.3 is 11.5 Å². The van der Waals surface area contributed by atoms with E-state index in [-0.39, 0.29) is 27.1 Å². The minimum Gasteiger partial charge on any atom is -0.479 e. The Morgan fingerprint density at radius 3 is 2.33 bits per heavy atom. The molecule has 0 amide bonds. The Labute approximate surface area is 70.6 Å². The van der Waals surface area contributed by atoms with Crippen LogP contribution >= 0.6 is 0 Å². The zero-order chi connectivity index (χ0) is 5.98. The van der Waals surface area contributed by atoms with Crippen LogP contribution in [-0.4, -0.2) is 6.04 Å². The number of hydrogen-bond donors (Lipinski definition) is 2. The third kappa shape index (κ3) is 2.79. The van der Waals surface area contributed by atoms with E-state index in [9.17, 15) is 0 Å². The van der Waals surface area contributed by atoms with E-state index in [2.05, 4.69) is 0 Å². The summed E-state index contributed by atoms with van der Waals surface area (Å²) in [5.41, 5.74) is 11.2. The third-order valence-electron chi connectivity index (χ3n) is 1.71. The van der Waals surface area contributed by atoms with E-state index in [1.807, 2.05) is 0 Å². The molecule has 0 spiro atoms. The van der Waals surface area contributed by atoms with Gasteiger partial charge in [0.1, 0.15) is 0 Å². The predicted molar refractivity (Wildman–Crippen MR) is 33.9 cm³/mol. The fraction of sp³-hybridized carbons (Fsp3) is 0.833. The molecule has 0 heterocycles. The summed E-state index contributed by atoms with van der Waals surface area (Å²) in [7, 11) is 0. The van der Waals surface area contributed by atoms with Gasteiger partial charge in [0.05, 0.1) is 0 Å². The molecule has 0 aromatic rings. The molecule has 0 aromatic heterocycles. The van der Waals surface area contributed by atoms with Crippen LogP contribution in [0.4, 0.5) is 0 Å². The van der Waals surface area contributed by atoms with Gasteiger partial charge in [-0.25, -0.2) is 6.04 Å². The molecule has 1 fully saturated rings. The number of hydrogen-bond acceptors (Lipinski definition) is 2. The molecule has 2 nitrogen and oxygen atoms in total. The van der Waals surface area contributed by atoms with Gasteiger partial charge in [-0.05, 0) is 0 Å². The first-order valence-corrected chi connectivity index (χ1v) is 3.17. The van der Waals surface area contributed by atoms with E-state index >= 15 is 0 Å². The first-order chi connectivity index (χ1) is 3.80. The van der Waals surface area contributed by atoms with E-state index < -0.39 is 0 Å². The zero-order valence-electron chi connectivity index (χ0n) is 5.38. The van der Waals surface area contributed by atoms with Crippen LogP contribution in [-0.2, 0) is 21.1 Å². The van der Waals surface area contributed by atoms with Crippen LogP contribution in [0.1, 0.15) is 25.7 Å². The van der Waals surface area contributed by atoms with E-state index in [1.54, 1.807) is 0 Å². The molecule has 1 rings (SSSR count). The fourth-order valence-electron chi connectivity index (χ4n) is 1.06. The van der Waals surface area contributed by atoms with Crippen LogP contribution in [0, 0.1) is 6.04 Å². The number of rotatable bonds is 0. The van der Waals surface area contributed by atoms with Gasteiger partial charge in [-0.15, -0.1) is 6.04 Å². The average Bonchev–Trinajstić information content (AvgIpc) is 1.77. The maximum Gasteiger partial charge on any atom is 0 e. The molecule has 1 atom stereocenters. The second-order valence-electron chi connectivity index (χ2n) is 2.43. The number of nitrogens with two attached hydrogens (primary N) is 2. The fourth-order valence-corrected chi connectivity index (χ4v) is 1.06. The topological polar surface area (TPSA) is 52.0 Å². The summed E-state index contributed by atoms with van der Waals surface area (Å²) in [5, 5.41) is 0. The van der Waals surface area contributed by atoms with Crippen LogP contribution in [0.25, 0.3) is 0 Å². The van der Waals surface area contributed by atoms with Gasteiger partial charge in [0.15, 0.2) is 0 Å². The van der Waals surface area contributed by atoms with Crippen molar-refractivity contribution in [2.24, 2.45) is 11.5 Å². The molecule has 0 aliphatic heterocycles. The van der Waals surface area contributed by atoms with Gasteiger partial charge in [0, 0.05) is 21.1 Å². The van der Waals surface area contributed by atoms with Crippen LogP contribution in [0.5, 0.6) is 0 Å². The van der Waals surface area contributed by atoms with Crippen LogP contribution in [0.2, 0.25) is 0 Å². The summed E-state index contributed by atoms with van der Waals surface area (Å²) in [6.07, 6.45) is 4.62. The quantitative estimate of drug-likeness (QED) is 0.636. The Morgan fingerprint density at radius 2 is 2.00 bits per heavy atom. The zero-order valence-corrected chi connectivity index (χ0v) is 7.65. The van der Waals surface area contributed by atoms with Crippen molar-refractivity contribution in [3.8, 4) is 0 Å². The maximum absolute atomic E-state index is 5.62. The Balaban J connectivity index is 0.000000640. The van der Waals surface area contributed by atoms with Gasteiger partial charge in [0.2, 0.25) is 0 Å². The van der Waals surface area contributed by atoms with E-state index in [4.69, 9.17) is 11.5 Å². The Bertz CT molecular complexity index is 67.5. The van der Waals surface area contributed by atoms with Crippen LogP contribution in [0.15, 0.2) is 0 Å². The summed E-state index contributed by atoms with van der Waals surface area (Å²) in [4.78, 5) is 0. The monoisotopic (exact) mass is 308 g/mol. The Kier molecular flexibility index (Phi) is 4.73. The molecule has 4 N–H and O–H groups in total. The molecule has 0 radical (unpaired) electrons. The van der Waals surface area contributed by atoms with Crippen molar-refractivity contribution in [3.05, 3.63) is 6.04 Å². The molecule has 0 bridgehead atoms. The van der Waals surface area contributed by atoms with Crippen molar-refractivity contribution in [3.63, 3.8) is 0 Å². The average molecular weight is 308 g/mol. The summed E-state index contributed by atoms with van der Waals surface area (Å²) in [5.74, 6) is 0. The molecular formula is C6H13N2Pt-. The van der Waals surface area contributed by atoms with Gasteiger partial charge in [-0.3, -0.25) is 0 Å². The maximum atomic E-state index is 5.62. The summed E-state index contributed by atoms with van der Waals surface area (Å²) >= 11 is 0. The van der Waals surface area contributed by atoms with Crippen molar-refractivity contribution >= 4 is 0 Å². The van der Waals surface area contributed by atoms with Crippen LogP contribution < -0.4 is 11.5 Å². The molecular weight excluding hydrogens is 295 g/mol. The normalized spacial score (nSPS) is 29.3. The molecule has 9 heavy (non-hydrogen) atoms. The summed E-state index contributed by atoms with van der Waals surface area (Å²) in [6.45, 7) is 0. The van der Waals surface area contributed by atoms with E-state index in [0.717, 1.165) is 18.9 Å². The van der Waals surface area contributed by atoms with Crippen molar-refractivity contribution in [2.45, 2.75) is 31.7 Å². The minimum atomic E-state index is 0. The largest absolute Gasteiger partial charge is 0.479 e. The second kappa shape index (κ2) is 4.43. The third-order valence-corrected chi connectivity index (χ3v) is 1.71. The molecule has 58 valence electrons. The molecule has 3 heteroatoms. The van der Waals surface area contributed by atoms with Crippen molar-refractivity contribution in [2.75, 3.05) is 0 Å². The molecule has 1 saturated carbocycles.